The highest BCUT2D eigenvalue weighted by Gasteiger charge is 2.27. The van der Waals surface area contributed by atoms with E-state index in [4.69, 9.17) is 0 Å². The number of carbonyl (C=O) groups excluding carboxylic acids is 2. The first-order valence-electron chi connectivity index (χ1n) is 11.8. The molecule has 4 aromatic rings. The second-order valence-electron chi connectivity index (χ2n) is 8.56. The van der Waals surface area contributed by atoms with Crippen molar-refractivity contribution in [3.05, 3.63) is 84.9 Å². The highest BCUT2D eigenvalue weighted by molar-refractivity contribution is 8.00. The van der Waals surface area contributed by atoms with Crippen molar-refractivity contribution in [1.29, 1.82) is 0 Å². The Kier molecular flexibility index (Phi) is 7.04. The number of para-hydroxylation sites is 1. The van der Waals surface area contributed by atoms with Gasteiger partial charge in [0, 0.05) is 41.0 Å². The van der Waals surface area contributed by atoms with Crippen molar-refractivity contribution in [1.82, 2.24) is 15.1 Å². The molecule has 2 amide bonds. The van der Waals surface area contributed by atoms with Crippen LogP contribution >= 0.6 is 11.8 Å². The van der Waals surface area contributed by atoms with E-state index in [1.807, 2.05) is 89.8 Å². The number of rotatable bonds is 6. The largest absolute Gasteiger partial charge is 0.342 e. The summed E-state index contributed by atoms with van der Waals surface area (Å²) in [6.07, 6.45) is 1.34. The summed E-state index contributed by atoms with van der Waals surface area (Å²) in [6.45, 7) is 1.18. The van der Waals surface area contributed by atoms with Crippen molar-refractivity contribution in [2.24, 2.45) is 5.92 Å². The topological polar surface area (TPSA) is 75.2 Å². The van der Waals surface area contributed by atoms with Gasteiger partial charge in [-0.05, 0) is 25.0 Å². The molecule has 1 fully saturated rings. The first-order valence-corrected chi connectivity index (χ1v) is 12.7. The van der Waals surface area contributed by atoms with Crippen molar-refractivity contribution in [3.8, 4) is 11.3 Å². The van der Waals surface area contributed by atoms with Crippen LogP contribution in [0.25, 0.3) is 22.0 Å². The fourth-order valence-corrected chi connectivity index (χ4v) is 5.25. The number of hydrogen-bond donors (Lipinski definition) is 1. The van der Waals surface area contributed by atoms with E-state index in [0.717, 1.165) is 32.7 Å². The van der Waals surface area contributed by atoms with Crippen LogP contribution in [0.5, 0.6) is 0 Å². The van der Waals surface area contributed by atoms with Crippen LogP contribution in [0, 0.1) is 5.92 Å². The SMILES string of the molecule is O=C(Nc1ccccc1)C1CCN(C(=O)CSc2nnc(-c3ccccc3)c3ccccc23)CC1. The molecule has 0 atom stereocenters. The van der Waals surface area contributed by atoms with Crippen molar-refractivity contribution in [2.75, 3.05) is 24.2 Å². The molecule has 0 spiro atoms. The van der Waals surface area contributed by atoms with Gasteiger partial charge in [-0.2, -0.15) is 0 Å². The van der Waals surface area contributed by atoms with Gasteiger partial charge in [0.15, 0.2) is 0 Å². The lowest BCUT2D eigenvalue weighted by Gasteiger charge is -2.31. The average molecular weight is 483 g/mol. The molecule has 0 saturated carbocycles. The maximum Gasteiger partial charge on any atom is 0.232 e. The Morgan fingerprint density at radius 3 is 2.17 bits per heavy atom. The summed E-state index contributed by atoms with van der Waals surface area (Å²) in [5.74, 6) is 0.310. The van der Waals surface area contributed by atoms with Crippen molar-refractivity contribution < 1.29 is 9.59 Å². The normalized spacial score (nSPS) is 14.1. The third kappa shape index (κ3) is 5.35. The zero-order chi connectivity index (χ0) is 24.0. The highest BCUT2D eigenvalue weighted by Crippen LogP contribution is 2.32. The summed E-state index contributed by atoms with van der Waals surface area (Å²) in [4.78, 5) is 27.3. The first-order chi connectivity index (χ1) is 17.2. The number of nitrogens with zero attached hydrogens (tertiary/aromatic N) is 3. The van der Waals surface area contributed by atoms with E-state index in [-0.39, 0.29) is 17.7 Å². The fourth-order valence-electron chi connectivity index (χ4n) is 4.37. The molecule has 0 radical (unpaired) electrons. The molecule has 1 saturated heterocycles. The summed E-state index contributed by atoms with van der Waals surface area (Å²) >= 11 is 1.42. The summed E-state index contributed by atoms with van der Waals surface area (Å²) in [7, 11) is 0. The minimum absolute atomic E-state index is 0.0259. The molecule has 1 aliphatic heterocycles. The second kappa shape index (κ2) is 10.7. The number of thioether (sulfide) groups is 1. The Balaban J connectivity index is 1.20. The molecule has 1 aromatic heterocycles. The standard InChI is InChI=1S/C28H26N4O2S/c33-25(32-17-15-21(16-18-32)27(34)29-22-11-5-2-6-12-22)19-35-28-24-14-8-7-13-23(24)26(30-31-28)20-9-3-1-4-10-20/h1-14,21H,15-19H2,(H,29,34). The minimum Gasteiger partial charge on any atom is -0.342 e. The molecule has 35 heavy (non-hydrogen) atoms. The van der Waals surface area contributed by atoms with Gasteiger partial charge in [0.25, 0.3) is 0 Å². The van der Waals surface area contributed by atoms with E-state index < -0.39 is 0 Å². The van der Waals surface area contributed by atoms with Gasteiger partial charge in [-0.25, -0.2) is 0 Å². The molecule has 7 heteroatoms. The summed E-state index contributed by atoms with van der Waals surface area (Å²) in [5.41, 5.74) is 2.66. The molecular formula is C28H26N4O2S. The maximum atomic E-state index is 12.9. The molecule has 5 rings (SSSR count). The van der Waals surface area contributed by atoms with E-state index in [1.54, 1.807) is 0 Å². The zero-order valence-corrected chi connectivity index (χ0v) is 20.1. The Labute approximate surface area is 208 Å². The molecule has 3 aromatic carbocycles. The zero-order valence-electron chi connectivity index (χ0n) is 19.3. The lowest BCUT2D eigenvalue weighted by atomic mass is 9.96. The van der Waals surface area contributed by atoms with Gasteiger partial charge in [0.1, 0.15) is 10.7 Å². The number of fused-ring (bicyclic) bond motifs is 1. The van der Waals surface area contributed by atoms with Crippen LogP contribution in [0.3, 0.4) is 0 Å². The van der Waals surface area contributed by atoms with E-state index in [9.17, 15) is 9.59 Å². The molecule has 2 heterocycles. The predicted octanol–water partition coefficient (Wildman–Crippen LogP) is 5.27. The Hall–Kier alpha value is -3.71. The van der Waals surface area contributed by atoms with Crippen molar-refractivity contribution in [2.45, 2.75) is 17.9 Å². The number of carbonyl (C=O) groups is 2. The molecule has 1 N–H and O–H groups in total. The fraction of sp³-hybridized carbons (Fsp3) is 0.214. The Morgan fingerprint density at radius 2 is 1.46 bits per heavy atom. The molecule has 0 aliphatic carbocycles. The smallest absolute Gasteiger partial charge is 0.232 e. The number of anilines is 1. The monoisotopic (exact) mass is 482 g/mol. The number of piperidine rings is 1. The summed E-state index contributed by atoms with van der Waals surface area (Å²) in [5, 5.41) is 14.7. The van der Waals surface area contributed by atoms with Gasteiger partial charge in [0.05, 0.1) is 5.75 Å². The Bertz CT molecular complexity index is 1320. The lowest BCUT2D eigenvalue weighted by Crippen LogP contribution is -2.42. The first kappa shape index (κ1) is 23.1. The highest BCUT2D eigenvalue weighted by atomic mass is 32.2. The van der Waals surface area contributed by atoms with Gasteiger partial charge in [-0.1, -0.05) is 84.6 Å². The predicted molar refractivity (Wildman–Crippen MR) is 140 cm³/mol. The van der Waals surface area contributed by atoms with Gasteiger partial charge in [0.2, 0.25) is 11.8 Å². The van der Waals surface area contributed by atoms with Crippen LogP contribution in [0.1, 0.15) is 12.8 Å². The van der Waals surface area contributed by atoms with E-state index in [0.29, 0.717) is 31.7 Å². The van der Waals surface area contributed by atoms with Crippen LogP contribution in [-0.4, -0.2) is 45.8 Å². The van der Waals surface area contributed by atoms with Gasteiger partial charge in [-0.3, -0.25) is 9.59 Å². The summed E-state index contributed by atoms with van der Waals surface area (Å²) < 4.78 is 0. The second-order valence-corrected chi connectivity index (χ2v) is 9.53. The quantitative estimate of drug-likeness (QED) is 0.379. The van der Waals surface area contributed by atoms with Gasteiger partial charge >= 0.3 is 0 Å². The number of benzene rings is 3. The molecule has 176 valence electrons. The third-order valence-electron chi connectivity index (χ3n) is 6.29. The average Bonchev–Trinajstić information content (AvgIpc) is 2.92. The number of aromatic nitrogens is 2. The number of likely N-dealkylation sites (tertiary alicyclic amines) is 1. The van der Waals surface area contributed by atoms with Crippen molar-refractivity contribution >= 4 is 40.0 Å². The van der Waals surface area contributed by atoms with Crippen LogP contribution in [0.2, 0.25) is 0 Å². The van der Waals surface area contributed by atoms with E-state index in [2.05, 4.69) is 15.5 Å². The van der Waals surface area contributed by atoms with E-state index in [1.165, 1.54) is 11.8 Å². The van der Waals surface area contributed by atoms with Crippen LogP contribution in [-0.2, 0) is 9.59 Å². The molecule has 0 bridgehead atoms. The molecular weight excluding hydrogens is 456 g/mol. The van der Waals surface area contributed by atoms with Gasteiger partial charge < -0.3 is 10.2 Å². The van der Waals surface area contributed by atoms with Crippen LogP contribution < -0.4 is 5.32 Å². The van der Waals surface area contributed by atoms with Crippen LogP contribution in [0.15, 0.2) is 90.0 Å². The lowest BCUT2D eigenvalue weighted by molar-refractivity contribution is -0.132. The number of nitrogens with one attached hydrogen (secondary N) is 1. The molecule has 6 nitrogen and oxygen atoms in total. The summed E-state index contributed by atoms with van der Waals surface area (Å²) in [6, 6.07) is 27.5. The third-order valence-corrected chi connectivity index (χ3v) is 7.26. The number of amides is 2. The van der Waals surface area contributed by atoms with Crippen molar-refractivity contribution in [3.63, 3.8) is 0 Å². The Morgan fingerprint density at radius 1 is 0.829 bits per heavy atom. The van der Waals surface area contributed by atoms with Gasteiger partial charge in [-0.15, -0.1) is 10.2 Å². The molecule has 1 aliphatic rings. The maximum absolute atomic E-state index is 12.9. The minimum atomic E-state index is -0.0766. The molecule has 0 unspecified atom stereocenters. The number of hydrogen-bond acceptors (Lipinski definition) is 5. The van der Waals surface area contributed by atoms with E-state index >= 15 is 0 Å². The van der Waals surface area contributed by atoms with Crippen LogP contribution in [0.4, 0.5) is 5.69 Å².